The van der Waals surface area contributed by atoms with Gasteiger partial charge >= 0.3 is 5.97 Å². The molecule has 0 aromatic heterocycles. The van der Waals surface area contributed by atoms with Gasteiger partial charge in [-0.05, 0) is 11.5 Å². The van der Waals surface area contributed by atoms with E-state index in [1.807, 2.05) is 24.3 Å². The lowest BCUT2D eigenvalue weighted by molar-refractivity contribution is 0.0697. The Bertz CT molecular complexity index is 537. The molecule has 0 aliphatic carbocycles. The predicted octanol–water partition coefficient (Wildman–Crippen LogP) is 3.19. The lowest BCUT2D eigenvalue weighted by Crippen LogP contribution is -2.00. The van der Waals surface area contributed by atoms with Crippen LogP contribution in [0.25, 0.3) is 10.8 Å². The van der Waals surface area contributed by atoms with E-state index in [2.05, 4.69) is 0 Å². The molecule has 0 saturated heterocycles. The molecule has 0 aliphatic heterocycles. The lowest BCUT2D eigenvalue weighted by Gasteiger charge is -2.08. The van der Waals surface area contributed by atoms with Gasteiger partial charge in [0.05, 0.1) is 12.0 Å². The quantitative estimate of drug-likeness (QED) is 0.828. The molecule has 2 aromatic rings. The molecule has 1 N–H and O–H groups in total. The maximum Gasteiger partial charge on any atom is 0.340 e. The van der Waals surface area contributed by atoms with E-state index < -0.39 is 5.97 Å². The smallest absolute Gasteiger partial charge is 0.340 e. The molecule has 16 heavy (non-hydrogen) atoms. The molecule has 4 heteroatoms. The van der Waals surface area contributed by atoms with Gasteiger partial charge in [-0.2, -0.15) is 0 Å². The standard InChI is InChI=1S/C12H10O3S/c1-16-15-10-7-6-8-4-2-3-5-9(8)11(10)12(13)14/h2-7H,1H3,(H,13,14). The zero-order chi connectivity index (χ0) is 11.5. The monoisotopic (exact) mass is 234 g/mol. The highest BCUT2D eigenvalue weighted by molar-refractivity contribution is 7.94. The van der Waals surface area contributed by atoms with Crippen molar-refractivity contribution in [2.24, 2.45) is 0 Å². The van der Waals surface area contributed by atoms with E-state index in [0.29, 0.717) is 11.1 Å². The normalized spacial score (nSPS) is 10.3. The van der Waals surface area contributed by atoms with Crippen LogP contribution in [0.2, 0.25) is 0 Å². The molecule has 0 spiro atoms. The van der Waals surface area contributed by atoms with Crippen LogP contribution in [0.15, 0.2) is 36.4 Å². The van der Waals surface area contributed by atoms with Gasteiger partial charge in [0, 0.05) is 11.6 Å². The summed E-state index contributed by atoms with van der Waals surface area (Å²) in [5.41, 5.74) is 0.215. The summed E-state index contributed by atoms with van der Waals surface area (Å²) in [5.74, 6) is -0.584. The average molecular weight is 234 g/mol. The molecular formula is C12H10O3S. The zero-order valence-corrected chi connectivity index (χ0v) is 9.45. The Balaban J connectivity index is 2.73. The first-order valence-corrected chi connectivity index (χ1v) is 5.84. The van der Waals surface area contributed by atoms with Crippen molar-refractivity contribution in [1.29, 1.82) is 0 Å². The van der Waals surface area contributed by atoms with E-state index in [0.717, 1.165) is 17.4 Å². The van der Waals surface area contributed by atoms with Gasteiger partial charge in [-0.3, -0.25) is 0 Å². The summed E-state index contributed by atoms with van der Waals surface area (Å²) in [6.07, 6.45) is 1.75. The minimum Gasteiger partial charge on any atom is -0.478 e. The topological polar surface area (TPSA) is 46.5 Å². The van der Waals surface area contributed by atoms with Crippen LogP contribution in [0.1, 0.15) is 10.4 Å². The number of rotatable bonds is 3. The van der Waals surface area contributed by atoms with Gasteiger partial charge in [-0.15, -0.1) is 0 Å². The molecule has 0 saturated carbocycles. The molecule has 0 bridgehead atoms. The Labute approximate surface area is 97.2 Å². The van der Waals surface area contributed by atoms with Gasteiger partial charge in [0.15, 0.2) is 5.75 Å². The summed E-state index contributed by atoms with van der Waals surface area (Å²) in [5, 5.41) is 10.8. The van der Waals surface area contributed by atoms with Crippen LogP contribution in [-0.2, 0) is 0 Å². The molecule has 0 unspecified atom stereocenters. The third kappa shape index (κ3) is 1.84. The van der Waals surface area contributed by atoms with E-state index in [1.54, 1.807) is 18.4 Å². The maximum absolute atomic E-state index is 11.2. The van der Waals surface area contributed by atoms with Crippen molar-refractivity contribution in [1.82, 2.24) is 0 Å². The third-order valence-electron chi connectivity index (χ3n) is 2.28. The molecule has 0 radical (unpaired) electrons. The first-order valence-electron chi connectivity index (χ1n) is 4.69. The second-order valence-corrected chi connectivity index (χ2v) is 3.71. The SMILES string of the molecule is CSOc1ccc2ccccc2c1C(=O)O. The van der Waals surface area contributed by atoms with Crippen LogP contribution in [0.4, 0.5) is 0 Å². The zero-order valence-electron chi connectivity index (χ0n) is 8.64. The maximum atomic E-state index is 11.2. The fourth-order valence-corrected chi connectivity index (χ4v) is 1.95. The number of aromatic carboxylic acids is 1. The van der Waals surface area contributed by atoms with Crippen LogP contribution < -0.4 is 4.18 Å². The van der Waals surface area contributed by atoms with Gasteiger partial charge in [-0.25, -0.2) is 4.79 Å². The Hall–Kier alpha value is -1.68. The van der Waals surface area contributed by atoms with Gasteiger partial charge in [0.2, 0.25) is 0 Å². The van der Waals surface area contributed by atoms with E-state index >= 15 is 0 Å². The predicted molar refractivity (Wildman–Crippen MR) is 65.1 cm³/mol. The van der Waals surface area contributed by atoms with Crippen molar-refractivity contribution in [3.05, 3.63) is 42.0 Å². The molecule has 82 valence electrons. The van der Waals surface area contributed by atoms with Crippen molar-refractivity contribution in [3.8, 4) is 5.75 Å². The molecular weight excluding hydrogens is 224 g/mol. The number of carboxylic acids is 1. The highest BCUT2D eigenvalue weighted by atomic mass is 32.2. The number of benzene rings is 2. The average Bonchev–Trinajstić information content (AvgIpc) is 2.28. The van der Waals surface area contributed by atoms with Crippen molar-refractivity contribution < 1.29 is 14.1 Å². The summed E-state index contributed by atoms with van der Waals surface area (Å²) >= 11 is 1.13. The number of hydrogen-bond donors (Lipinski definition) is 1. The molecule has 0 atom stereocenters. The fourth-order valence-electron chi connectivity index (χ4n) is 1.63. The summed E-state index contributed by atoms with van der Waals surface area (Å²) in [7, 11) is 0. The largest absolute Gasteiger partial charge is 0.478 e. The van der Waals surface area contributed by atoms with Crippen LogP contribution in [0.3, 0.4) is 0 Å². The third-order valence-corrected chi connectivity index (χ3v) is 2.62. The van der Waals surface area contributed by atoms with Crippen molar-refractivity contribution >= 4 is 28.8 Å². The van der Waals surface area contributed by atoms with E-state index in [-0.39, 0.29) is 5.56 Å². The molecule has 2 aromatic carbocycles. The minimum atomic E-state index is -0.971. The van der Waals surface area contributed by atoms with Gasteiger partial charge in [0.1, 0.15) is 5.56 Å². The minimum absolute atomic E-state index is 0.215. The fraction of sp³-hybridized carbons (Fsp3) is 0.0833. The van der Waals surface area contributed by atoms with E-state index in [4.69, 9.17) is 4.18 Å². The number of fused-ring (bicyclic) bond motifs is 1. The summed E-state index contributed by atoms with van der Waals surface area (Å²) < 4.78 is 5.24. The highest BCUT2D eigenvalue weighted by Gasteiger charge is 2.15. The molecule has 3 nitrogen and oxygen atoms in total. The second-order valence-electron chi connectivity index (χ2n) is 3.21. The van der Waals surface area contributed by atoms with E-state index in [9.17, 15) is 9.90 Å². The van der Waals surface area contributed by atoms with E-state index in [1.165, 1.54) is 0 Å². The molecule has 0 heterocycles. The Morgan fingerprint density at radius 2 is 2.00 bits per heavy atom. The molecule has 2 rings (SSSR count). The van der Waals surface area contributed by atoms with Gasteiger partial charge < -0.3 is 9.29 Å². The van der Waals surface area contributed by atoms with Crippen molar-refractivity contribution in [2.45, 2.75) is 0 Å². The first kappa shape index (κ1) is 10.8. The Morgan fingerprint density at radius 1 is 1.25 bits per heavy atom. The number of carbonyl (C=O) groups is 1. The summed E-state index contributed by atoms with van der Waals surface area (Å²) in [6.45, 7) is 0. The van der Waals surface area contributed by atoms with Crippen molar-refractivity contribution in [3.63, 3.8) is 0 Å². The highest BCUT2D eigenvalue weighted by Crippen LogP contribution is 2.29. The van der Waals surface area contributed by atoms with Crippen LogP contribution in [0.5, 0.6) is 5.75 Å². The lowest BCUT2D eigenvalue weighted by atomic mass is 10.0. The molecule has 0 aliphatic rings. The number of hydrogen-bond acceptors (Lipinski definition) is 3. The second kappa shape index (κ2) is 4.45. The Kier molecular flexibility index (Phi) is 3.01. The first-order chi connectivity index (χ1) is 7.74. The van der Waals surface area contributed by atoms with Gasteiger partial charge in [-0.1, -0.05) is 30.3 Å². The summed E-state index contributed by atoms with van der Waals surface area (Å²) in [6, 6.07) is 10.9. The van der Waals surface area contributed by atoms with Crippen LogP contribution >= 0.6 is 12.0 Å². The van der Waals surface area contributed by atoms with Crippen LogP contribution in [0, 0.1) is 0 Å². The molecule has 0 amide bonds. The van der Waals surface area contributed by atoms with Crippen molar-refractivity contribution in [2.75, 3.05) is 6.26 Å². The Morgan fingerprint density at radius 3 is 2.69 bits per heavy atom. The number of carboxylic acid groups (broad SMARTS) is 1. The summed E-state index contributed by atoms with van der Waals surface area (Å²) in [4.78, 5) is 11.2. The van der Waals surface area contributed by atoms with Gasteiger partial charge in [0.25, 0.3) is 0 Å². The molecule has 0 fully saturated rings. The van der Waals surface area contributed by atoms with Crippen LogP contribution in [-0.4, -0.2) is 17.3 Å².